The first-order chi connectivity index (χ1) is 9.75. The summed E-state index contributed by atoms with van der Waals surface area (Å²) in [4.78, 5) is 0. The minimum Gasteiger partial charge on any atom is -0.496 e. The molecule has 0 saturated carbocycles. The van der Waals surface area contributed by atoms with Crippen LogP contribution in [0.5, 0.6) is 5.75 Å². The van der Waals surface area contributed by atoms with E-state index < -0.39 is 17.2 Å². The van der Waals surface area contributed by atoms with Gasteiger partial charge >= 0.3 is 0 Å². The minimum atomic E-state index is -1.06. The summed E-state index contributed by atoms with van der Waals surface area (Å²) < 4.78 is 32.4. The van der Waals surface area contributed by atoms with Gasteiger partial charge in [0.05, 0.1) is 12.6 Å². The highest BCUT2D eigenvalue weighted by Crippen LogP contribution is 2.37. The van der Waals surface area contributed by atoms with E-state index in [4.69, 9.17) is 10.5 Å². The molecule has 0 radical (unpaired) electrons. The molecule has 112 valence electrons. The van der Waals surface area contributed by atoms with E-state index in [0.717, 1.165) is 22.8 Å². The lowest BCUT2D eigenvalue weighted by atomic mass is 9.82. The maximum atomic E-state index is 13.5. The van der Waals surface area contributed by atoms with Gasteiger partial charge in [0.25, 0.3) is 0 Å². The fourth-order valence-corrected chi connectivity index (χ4v) is 2.75. The van der Waals surface area contributed by atoms with Gasteiger partial charge in [0.15, 0.2) is 0 Å². The van der Waals surface area contributed by atoms with E-state index in [1.807, 2.05) is 26.0 Å². The monoisotopic (exact) mass is 291 g/mol. The Balaban J connectivity index is 2.68. The van der Waals surface area contributed by atoms with Crippen LogP contribution in [-0.2, 0) is 5.54 Å². The van der Waals surface area contributed by atoms with Crippen molar-refractivity contribution in [2.45, 2.75) is 26.3 Å². The Morgan fingerprint density at radius 3 is 2.10 bits per heavy atom. The van der Waals surface area contributed by atoms with E-state index in [2.05, 4.69) is 0 Å². The second kappa shape index (κ2) is 5.45. The van der Waals surface area contributed by atoms with Crippen LogP contribution in [0.15, 0.2) is 30.3 Å². The van der Waals surface area contributed by atoms with Crippen molar-refractivity contribution in [3.8, 4) is 5.75 Å². The summed E-state index contributed by atoms with van der Waals surface area (Å²) in [6.07, 6.45) is 0. The normalized spacial score (nSPS) is 13.9. The van der Waals surface area contributed by atoms with Crippen LogP contribution in [0.25, 0.3) is 0 Å². The lowest BCUT2D eigenvalue weighted by Gasteiger charge is -2.30. The predicted molar refractivity (Wildman–Crippen MR) is 79.5 cm³/mol. The molecule has 1 atom stereocenters. The van der Waals surface area contributed by atoms with Gasteiger partial charge in [-0.05, 0) is 55.7 Å². The Kier molecular flexibility index (Phi) is 4.01. The lowest BCUT2D eigenvalue weighted by molar-refractivity contribution is 0.397. The van der Waals surface area contributed by atoms with Crippen LogP contribution in [0.2, 0.25) is 0 Å². The highest BCUT2D eigenvalue weighted by Gasteiger charge is 2.30. The molecule has 4 heteroatoms. The van der Waals surface area contributed by atoms with Crippen LogP contribution in [0, 0.1) is 25.5 Å². The number of halogens is 2. The fourth-order valence-electron chi connectivity index (χ4n) is 2.75. The molecule has 0 bridgehead atoms. The van der Waals surface area contributed by atoms with E-state index in [1.165, 1.54) is 12.1 Å². The summed E-state index contributed by atoms with van der Waals surface area (Å²) in [5.41, 5.74) is 8.39. The van der Waals surface area contributed by atoms with E-state index in [1.54, 1.807) is 14.0 Å². The first-order valence-electron chi connectivity index (χ1n) is 6.67. The molecule has 0 aliphatic heterocycles. The van der Waals surface area contributed by atoms with Crippen LogP contribution >= 0.6 is 0 Å². The van der Waals surface area contributed by atoms with Crippen molar-refractivity contribution in [3.63, 3.8) is 0 Å². The average molecular weight is 291 g/mol. The van der Waals surface area contributed by atoms with E-state index >= 15 is 0 Å². The standard InChI is InChI=1S/C17H19F2NO/c1-10-5-11(2)16(15(6-10)21-4)17(3,20)12-7-13(18)9-14(19)8-12/h5-9H,20H2,1-4H3. The number of nitrogens with two attached hydrogens (primary N) is 1. The van der Waals surface area contributed by atoms with Crippen molar-refractivity contribution < 1.29 is 13.5 Å². The highest BCUT2D eigenvalue weighted by atomic mass is 19.1. The quantitative estimate of drug-likeness (QED) is 0.933. The van der Waals surface area contributed by atoms with Crippen molar-refractivity contribution in [3.05, 3.63) is 64.2 Å². The Morgan fingerprint density at radius 1 is 1.00 bits per heavy atom. The van der Waals surface area contributed by atoms with Gasteiger partial charge in [-0.3, -0.25) is 0 Å². The second-order valence-electron chi connectivity index (χ2n) is 5.52. The van der Waals surface area contributed by atoms with Crippen LogP contribution in [-0.4, -0.2) is 7.11 Å². The fraction of sp³-hybridized carbons (Fsp3) is 0.294. The molecule has 2 nitrogen and oxygen atoms in total. The zero-order valence-electron chi connectivity index (χ0n) is 12.6. The molecular weight excluding hydrogens is 272 g/mol. The molecule has 0 amide bonds. The Bertz CT molecular complexity index is 660. The Morgan fingerprint density at radius 2 is 1.57 bits per heavy atom. The Labute approximate surface area is 123 Å². The molecule has 21 heavy (non-hydrogen) atoms. The maximum absolute atomic E-state index is 13.5. The van der Waals surface area contributed by atoms with Crippen molar-refractivity contribution in [2.24, 2.45) is 5.73 Å². The van der Waals surface area contributed by atoms with Crippen LogP contribution in [0.3, 0.4) is 0 Å². The lowest BCUT2D eigenvalue weighted by Crippen LogP contribution is -2.36. The smallest absolute Gasteiger partial charge is 0.126 e. The summed E-state index contributed by atoms with van der Waals surface area (Å²) in [6, 6.07) is 7.17. The molecule has 0 fully saturated rings. The van der Waals surface area contributed by atoms with Gasteiger partial charge in [-0.25, -0.2) is 8.78 Å². The molecule has 0 heterocycles. The van der Waals surface area contributed by atoms with Crippen molar-refractivity contribution in [2.75, 3.05) is 7.11 Å². The zero-order chi connectivity index (χ0) is 15.8. The van der Waals surface area contributed by atoms with Crippen LogP contribution in [0.4, 0.5) is 8.78 Å². The Hall–Kier alpha value is -1.94. The van der Waals surface area contributed by atoms with Gasteiger partial charge in [0.2, 0.25) is 0 Å². The third-order valence-electron chi connectivity index (χ3n) is 3.65. The summed E-state index contributed by atoms with van der Waals surface area (Å²) in [6.45, 7) is 5.59. The summed E-state index contributed by atoms with van der Waals surface area (Å²) in [7, 11) is 1.56. The average Bonchev–Trinajstić information content (AvgIpc) is 2.35. The predicted octanol–water partition coefficient (Wildman–Crippen LogP) is 3.81. The van der Waals surface area contributed by atoms with Crippen LogP contribution in [0.1, 0.15) is 29.2 Å². The third kappa shape index (κ3) is 2.90. The first-order valence-corrected chi connectivity index (χ1v) is 6.67. The number of methoxy groups -OCH3 is 1. The summed E-state index contributed by atoms with van der Waals surface area (Å²) in [5, 5.41) is 0. The molecule has 0 aliphatic rings. The molecular formula is C17H19F2NO. The first kappa shape index (κ1) is 15.4. The molecule has 0 saturated heterocycles. The second-order valence-corrected chi connectivity index (χ2v) is 5.52. The largest absolute Gasteiger partial charge is 0.496 e. The number of hydrogen-bond acceptors (Lipinski definition) is 2. The summed E-state index contributed by atoms with van der Waals surface area (Å²) in [5.74, 6) is -0.682. The van der Waals surface area contributed by atoms with E-state index in [-0.39, 0.29) is 0 Å². The van der Waals surface area contributed by atoms with Gasteiger partial charge in [0.1, 0.15) is 17.4 Å². The third-order valence-corrected chi connectivity index (χ3v) is 3.65. The van der Waals surface area contributed by atoms with Crippen molar-refractivity contribution in [1.29, 1.82) is 0 Å². The topological polar surface area (TPSA) is 35.2 Å². The van der Waals surface area contributed by atoms with Gasteiger partial charge in [-0.2, -0.15) is 0 Å². The van der Waals surface area contributed by atoms with Crippen molar-refractivity contribution in [1.82, 2.24) is 0 Å². The van der Waals surface area contributed by atoms with E-state index in [9.17, 15) is 8.78 Å². The molecule has 2 N–H and O–H groups in total. The van der Waals surface area contributed by atoms with E-state index in [0.29, 0.717) is 11.3 Å². The van der Waals surface area contributed by atoms with Gasteiger partial charge < -0.3 is 10.5 Å². The van der Waals surface area contributed by atoms with Gasteiger partial charge in [-0.1, -0.05) is 6.07 Å². The SMILES string of the molecule is COc1cc(C)cc(C)c1C(C)(N)c1cc(F)cc(F)c1. The molecule has 0 aliphatic carbocycles. The minimum absolute atomic E-state index is 0.366. The highest BCUT2D eigenvalue weighted by molar-refractivity contribution is 5.51. The molecule has 2 rings (SSSR count). The van der Waals surface area contributed by atoms with Gasteiger partial charge in [-0.15, -0.1) is 0 Å². The number of rotatable bonds is 3. The number of ether oxygens (including phenoxy) is 1. The number of hydrogen-bond donors (Lipinski definition) is 1. The van der Waals surface area contributed by atoms with Crippen LogP contribution < -0.4 is 10.5 Å². The molecule has 1 unspecified atom stereocenters. The zero-order valence-corrected chi connectivity index (χ0v) is 12.6. The maximum Gasteiger partial charge on any atom is 0.126 e. The number of aryl methyl sites for hydroxylation is 2. The number of benzene rings is 2. The molecule has 2 aromatic rings. The molecule has 0 aromatic heterocycles. The molecule has 0 spiro atoms. The summed E-state index contributed by atoms with van der Waals surface area (Å²) >= 11 is 0. The van der Waals surface area contributed by atoms with Gasteiger partial charge in [0, 0.05) is 11.6 Å². The molecule has 2 aromatic carbocycles. The van der Waals surface area contributed by atoms with Crippen molar-refractivity contribution >= 4 is 0 Å².